The number of piperazine rings is 1. The van der Waals surface area contributed by atoms with E-state index in [1.54, 1.807) is 12.1 Å². The van der Waals surface area contributed by atoms with E-state index in [-0.39, 0.29) is 5.75 Å². The maximum absolute atomic E-state index is 9.81. The fourth-order valence-corrected chi connectivity index (χ4v) is 3.98. The zero-order valence-corrected chi connectivity index (χ0v) is 16.1. The Morgan fingerprint density at radius 1 is 1.00 bits per heavy atom. The first kappa shape index (κ1) is 17.1. The van der Waals surface area contributed by atoms with Gasteiger partial charge in [0.15, 0.2) is 5.82 Å². The van der Waals surface area contributed by atoms with Crippen LogP contribution in [0.4, 0.5) is 5.69 Å². The van der Waals surface area contributed by atoms with Crippen LogP contribution in [0.15, 0.2) is 36.4 Å². The third-order valence-corrected chi connectivity index (χ3v) is 5.65. The van der Waals surface area contributed by atoms with Crippen molar-refractivity contribution in [3.63, 3.8) is 0 Å². The molecule has 2 aromatic carbocycles. The predicted octanol–water partition coefficient (Wildman–Crippen LogP) is 3.34. The molecular weight excluding hydrogens is 352 g/mol. The van der Waals surface area contributed by atoms with E-state index in [1.807, 2.05) is 6.07 Å². The Morgan fingerprint density at radius 2 is 1.79 bits per heavy atom. The molecule has 1 aliphatic rings. The summed E-state index contributed by atoms with van der Waals surface area (Å²) < 4.78 is 0. The molecule has 5 rings (SSSR count). The average molecular weight is 376 g/mol. The van der Waals surface area contributed by atoms with Crippen LogP contribution in [0.2, 0.25) is 0 Å². The van der Waals surface area contributed by atoms with Crippen LogP contribution in [-0.2, 0) is 0 Å². The monoisotopic (exact) mass is 376 g/mol. The zero-order chi connectivity index (χ0) is 19.3. The second-order valence-electron chi connectivity index (χ2n) is 7.71. The number of fused-ring (bicyclic) bond motifs is 2. The molecule has 0 aliphatic carbocycles. The Morgan fingerprint density at radius 3 is 2.57 bits per heavy atom. The minimum absolute atomic E-state index is 0.217. The maximum Gasteiger partial charge on any atom is 0.159 e. The molecule has 28 heavy (non-hydrogen) atoms. The molecule has 0 spiro atoms. The number of hydrogen-bond donors (Lipinski definition) is 3. The lowest BCUT2D eigenvalue weighted by Gasteiger charge is -2.38. The Labute approximate surface area is 163 Å². The fourth-order valence-electron chi connectivity index (χ4n) is 3.98. The van der Waals surface area contributed by atoms with Gasteiger partial charge in [-0.25, -0.2) is 4.98 Å². The van der Waals surface area contributed by atoms with E-state index < -0.39 is 0 Å². The van der Waals surface area contributed by atoms with E-state index in [9.17, 15) is 5.11 Å². The number of aromatic nitrogens is 4. The number of anilines is 1. The first-order chi connectivity index (χ1) is 13.6. The van der Waals surface area contributed by atoms with Crippen molar-refractivity contribution in [1.82, 2.24) is 25.1 Å². The van der Waals surface area contributed by atoms with Crippen molar-refractivity contribution in [2.24, 2.45) is 0 Å². The van der Waals surface area contributed by atoms with E-state index >= 15 is 0 Å². The molecule has 1 saturated heterocycles. The van der Waals surface area contributed by atoms with Gasteiger partial charge in [0.05, 0.1) is 16.6 Å². The van der Waals surface area contributed by atoms with Gasteiger partial charge < -0.3 is 15.0 Å². The van der Waals surface area contributed by atoms with Crippen molar-refractivity contribution in [2.75, 3.05) is 31.1 Å². The Hall–Kier alpha value is -3.06. The first-order valence-electron chi connectivity index (χ1n) is 9.75. The summed E-state index contributed by atoms with van der Waals surface area (Å²) in [5, 5.41) is 18.1. The molecular formula is C21H24N6O. The maximum atomic E-state index is 9.81. The molecule has 0 atom stereocenters. The Kier molecular flexibility index (Phi) is 3.98. The lowest BCUT2D eigenvalue weighted by Crippen LogP contribution is -2.48. The number of benzene rings is 2. The van der Waals surface area contributed by atoms with Crippen molar-refractivity contribution in [1.29, 1.82) is 0 Å². The van der Waals surface area contributed by atoms with Gasteiger partial charge in [-0.1, -0.05) is 0 Å². The molecule has 1 fully saturated rings. The number of nitrogens with zero attached hydrogens (tertiary/aromatic N) is 4. The number of phenolic OH excluding ortho intramolecular Hbond substituents is 1. The van der Waals surface area contributed by atoms with Gasteiger partial charge in [-0.05, 0) is 50.2 Å². The molecule has 7 heteroatoms. The number of nitrogens with one attached hydrogen (secondary N) is 2. The summed E-state index contributed by atoms with van der Waals surface area (Å²) in [5.41, 5.74) is 4.70. The topological polar surface area (TPSA) is 84.1 Å². The molecule has 2 aromatic heterocycles. The quantitative estimate of drug-likeness (QED) is 0.511. The summed E-state index contributed by atoms with van der Waals surface area (Å²) in [6.07, 6.45) is 0. The molecule has 0 amide bonds. The van der Waals surface area contributed by atoms with Gasteiger partial charge >= 0.3 is 0 Å². The summed E-state index contributed by atoms with van der Waals surface area (Å²) in [5.74, 6) is 0.919. The Balaban J connectivity index is 1.46. The highest BCUT2D eigenvalue weighted by Gasteiger charge is 2.20. The number of aromatic hydroxyl groups is 1. The first-order valence-corrected chi connectivity index (χ1v) is 9.75. The van der Waals surface area contributed by atoms with Crippen molar-refractivity contribution < 1.29 is 5.11 Å². The van der Waals surface area contributed by atoms with Crippen molar-refractivity contribution in [3.05, 3.63) is 36.4 Å². The van der Waals surface area contributed by atoms with Crippen LogP contribution >= 0.6 is 0 Å². The van der Waals surface area contributed by atoms with Gasteiger partial charge in [-0.15, -0.1) is 0 Å². The number of phenols is 1. The van der Waals surface area contributed by atoms with Crippen molar-refractivity contribution in [2.45, 2.75) is 19.9 Å². The van der Waals surface area contributed by atoms with Gasteiger partial charge in [0.1, 0.15) is 11.4 Å². The van der Waals surface area contributed by atoms with E-state index in [2.05, 4.69) is 57.0 Å². The minimum Gasteiger partial charge on any atom is -0.508 e. The van der Waals surface area contributed by atoms with Crippen LogP contribution in [-0.4, -0.2) is 62.4 Å². The number of aromatic amines is 2. The highest BCUT2D eigenvalue weighted by Crippen LogP contribution is 2.30. The molecule has 0 radical (unpaired) electrons. The predicted molar refractivity (Wildman–Crippen MR) is 112 cm³/mol. The molecule has 144 valence electrons. The number of H-pyrrole nitrogens is 2. The minimum atomic E-state index is 0.217. The molecule has 0 bridgehead atoms. The summed E-state index contributed by atoms with van der Waals surface area (Å²) >= 11 is 0. The second kappa shape index (κ2) is 6.53. The summed E-state index contributed by atoms with van der Waals surface area (Å²) in [4.78, 5) is 13.1. The van der Waals surface area contributed by atoms with Crippen molar-refractivity contribution >= 4 is 27.6 Å². The molecule has 4 aromatic rings. The SMILES string of the molecule is CC(C)N1CCN(c2ccc3[nH]c(-c4n[nH]c5ccc(O)cc45)nc3c2)CC1. The van der Waals surface area contributed by atoms with Crippen LogP contribution in [0.25, 0.3) is 33.5 Å². The standard InChI is InChI=1S/C21H24N6O/c1-13(2)26-7-9-27(10-8-26)14-3-5-18-19(11-14)23-21(22-18)20-16-12-15(28)4-6-17(16)24-25-20/h3-6,11-13,28H,7-10H2,1-2H3,(H,22,23)(H,24,25). The zero-order valence-electron chi connectivity index (χ0n) is 16.1. The largest absolute Gasteiger partial charge is 0.508 e. The fraction of sp³-hybridized carbons (Fsp3) is 0.333. The summed E-state index contributed by atoms with van der Waals surface area (Å²) in [6.45, 7) is 8.75. The van der Waals surface area contributed by atoms with Crippen LogP contribution in [0, 0.1) is 0 Å². The molecule has 3 N–H and O–H groups in total. The smallest absolute Gasteiger partial charge is 0.159 e. The van der Waals surface area contributed by atoms with Crippen LogP contribution in [0.3, 0.4) is 0 Å². The molecule has 1 aliphatic heterocycles. The molecule has 7 nitrogen and oxygen atoms in total. The second-order valence-corrected chi connectivity index (χ2v) is 7.71. The summed E-state index contributed by atoms with van der Waals surface area (Å²) in [6, 6.07) is 12.2. The molecule has 3 heterocycles. The van der Waals surface area contributed by atoms with Gasteiger partial charge in [0.25, 0.3) is 0 Å². The lowest BCUT2D eigenvalue weighted by molar-refractivity contribution is 0.209. The van der Waals surface area contributed by atoms with Gasteiger partial charge in [0.2, 0.25) is 0 Å². The van der Waals surface area contributed by atoms with Crippen LogP contribution in [0.1, 0.15) is 13.8 Å². The van der Waals surface area contributed by atoms with Crippen LogP contribution < -0.4 is 4.90 Å². The highest BCUT2D eigenvalue weighted by atomic mass is 16.3. The Bertz CT molecular complexity index is 1140. The number of rotatable bonds is 3. The van der Waals surface area contributed by atoms with Crippen molar-refractivity contribution in [3.8, 4) is 17.3 Å². The molecule has 0 unspecified atom stereocenters. The van der Waals surface area contributed by atoms with Gasteiger partial charge in [0, 0.05) is 43.3 Å². The summed E-state index contributed by atoms with van der Waals surface area (Å²) in [7, 11) is 0. The highest BCUT2D eigenvalue weighted by molar-refractivity contribution is 5.94. The normalized spacial score (nSPS) is 15.9. The van der Waals surface area contributed by atoms with E-state index in [0.717, 1.165) is 48.1 Å². The third-order valence-electron chi connectivity index (χ3n) is 5.65. The van der Waals surface area contributed by atoms with Gasteiger partial charge in [-0.3, -0.25) is 10.00 Å². The average Bonchev–Trinajstić information content (AvgIpc) is 3.30. The number of hydrogen-bond acceptors (Lipinski definition) is 5. The van der Waals surface area contributed by atoms with Gasteiger partial charge in [-0.2, -0.15) is 5.10 Å². The van der Waals surface area contributed by atoms with E-state index in [4.69, 9.17) is 4.98 Å². The van der Waals surface area contributed by atoms with E-state index in [0.29, 0.717) is 17.6 Å². The number of imidazole rings is 1. The third kappa shape index (κ3) is 2.88. The van der Waals surface area contributed by atoms with E-state index in [1.165, 1.54) is 5.69 Å². The van der Waals surface area contributed by atoms with Crippen LogP contribution in [0.5, 0.6) is 5.75 Å². The lowest BCUT2D eigenvalue weighted by atomic mass is 10.2. The molecule has 0 saturated carbocycles.